The van der Waals surface area contributed by atoms with E-state index in [9.17, 15) is 9.59 Å². The molecule has 1 rings (SSSR count). The summed E-state index contributed by atoms with van der Waals surface area (Å²) in [5, 5.41) is 0. The molecule has 0 saturated carbocycles. The second-order valence-electron chi connectivity index (χ2n) is 3.27. The van der Waals surface area contributed by atoms with Gasteiger partial charge in [-0.3, -0.25) is 9.59 Å². The number of amides is 2. The van der Waals surface area contributed by atoms with Crippen LogP contribution in [-0.2, 0) is 9.59 Å². The Labute approximate surface area is 88.8 Å². The van der Waals surface area contributed by atoms with Gasteiger partial charge in [-0.2, -0.15) is 0 Å². The number of carbonyl (C=O) groups excluding carboxylic acids is 2. The number of halogens is 1. The number of hydrogen-bond acceptors (Lipinski definition) is 2. The van der Waals surface area contributed by atoms with Crippen LogP contribution in [0.5, 0.6) is 0 Å². The SMILES string of the molecule is CCN1CC(=O)N(CCCCl)CC1=O. The molecule has 0 radical (unpaired) electrons. The van der Waals surface area contributed by atoms with E-state index in [4.69, 9.17) is 11.6 Å². The zero-order valence-corrected chi connectivity index (χ0v) is 9.09. The van der Waals surface area contributed by atoms with Crippen LogP contribution in [0.4, 0.5) is 0 Å². The fraction of sp³-hybridized carbons (Fsp3) is 0.778. The van der Waals surface area contributed by atoms with E-state index in [1.165, 1.54) is 0 Å². The largest absolute Gasteiger partial charge is 0.332 e. The van der Waals surface area contributed by atoms with Crippen LogP contribution in [0.3, 0.4) is 0 Å². The van der Waals surface area contributed by atoms with Gasteiger partial charge in [0.2, 0.25) is 11.8 Å². The summed E-state index contributed by atoms with van der Waals surface area (Å²) in [6.07, 6.45) is 0.743. The van der Waals surface area contributed by atoms with Crippen molar-refractivity contribution in [3.63, 3.8) is 0 Å². The van der Waals surface area contributed by atoms with Gasteiger partial charge in [0.25, 0.3) is 0 Å². The van der Waals surface area contributed by atoms with Crippen LogP contribution in [-0.4, -0.2) is 53.7 Å². The monoisotopic (exact) mass is 218 g/mol. The van der Waals surface area contributed by atoms with Gasteiger partial charge in [-0.1, -0.05) is 0 Å². The molecule has 80 valence electrons. The number of nitrogens with zero attached hydrogens (tertiary/aromatic N) is 2. The summed E-state index contributed by atoms with van der Waals surface area (Å²) >= 11 is 5.53. The molecule has 0 unspecified atom stereocenters. The maximum Gasteiger partial charge on any atom is 0.242 e. The van der Waals surface area contributed by atoms with Crippen molar-refractivity contribution in [3.8, 4) is 0 Å². The third-order valence-corrected chi connectivity index (χ3v) is 2.57. The second kappa shape index (κ2) is 5.20. The van der Waals surface area contributed by atoms with E-state index >= 15 is 0 Å². The normalized spacial score (nSPS) is 17.9. The first-order valence-corrected chi connectivity index (χ1v) is 5.34. The van der Waals surface area contributed by atoms with Crippen molar-refractivity contribution in [3.05, 3.63) is 0 Å². The molecular formula is C9H15ClN2O2. The topological polar surface area (TPSA) is 40.6 Å². The Kier molecular flexibility index (Phi) is 4.20. The van der Waals surface area contributed by atoms with E-state index < -0.39 is 0 Å². The molecule has 2 amide bonds. The van der Waals surface area contributed by atoms with Crippen molar-refractivity contribution >= 4 is 23.4 Å². The van der Waals surface area contributed by atoms with Crippen LogP contribution >= 0.6 is 11.6 Å². The van der Waals surface area contributed by atoms with Crippen molar-refractivity contribution in [1.29, 1.82) is 0 Å². The summed E-state index contributed by atoms with van der Waals surface area (Å²) in [5.74, 6) is 0.577. The molecule has 1 aliphatic heterocycles. The molecular weight excluding hydrogens is 204 g/mol. The van der Waals surface area contributed by atoms with Gasteiger partial charge in [-0.05, 0) is 13.3 Å². The third-order valence-electron chi connectivity index (χ3n) is 2.30. The lowest BCUT2D eigenvalue weighted by Crippen LogP contribution is -2.53. The van der Waals surface area contributed by atoms with Crippen LogP contribution in [0.15, 0.2) is 0 Å². The smallest absolute Gasteiger partial charge is 0.242 e. The molecule has 0 spiro atoms. The summed E-state index contributed by atoms with van der Waals surface area (Å²) < 4.78 is 0. The number of rotatable bonds is 4. The van der Waals surface area contributed by atoms with Crippen molar-refractivity contribution in [2.45, 2.75) is 13.3 Å². The predicted molar refractivity (Wildman–Crippen MR) is 54.2 cm³/mol. The number of alkyl halides is 1. The first kappa shape index (κ1) is 11.3. The summed E-state index contributed by atoms with van der Waals surface area (Å²) in [6, 6.07) is 0. The predicted octanol–water partition coefficient (Wildman–Crippen LogP) is 0.306. The zero-order valence-electron chi connectivity index (χ0n) is 8.33. The standard InChI is InChI=1S/C9H15ClN2O2/c1-2-11-6-9(14)12(5-3-4-10)7-8(11)13/h2-7H2,1H3. The molecule has 1 aliphatic rings. The Balaban J connectivity index is 2.49. The molecule has 0 aromatic rings. The zero-order chi connectivity index (χ0) is 10.6. The van der Waals surface area contributed by atoms with Gasteiger partial charge in [-0.15, -0.1) is 11.6 Å². The first-order chi connectivity index (χ1) is 6.69. The highest BCUT2D eigenvalue weighted by atomic mass is 35.5. The highest BCUT2D eigenvalue weighted by Crippen LogP contribution is 2.05. The van der Waals surface area contributed by atoms with Gasteiger partial charge in [0.15, 0.2) is 0 Å². The van der Waals surface area contributed by atoms with Crippen LogP contribution in [0.25, 0.3) is 0 Å². The Morgan fingerprint density at radius 3 is 2.36 bits per heavy atom. The lowest BCUT2D eigenvalue weighted by Gasteiger charge is -2.33. The summed E-state index contributed by atoms with van der Waals surface area (Å²) in [6.45, 7) is 3.50. The van der Waals surface area contributed by atoms with Gasteiger partial charge in [0.1, 0.15) is 0 Å². The second-order valence-corrected chi connectivity index (χ2v) is 3.64. The van der Waals surface area contributed by atoms with E-state index in [-0.39, 0.29) is 24.9 Å². The third kappa shape index (κ3) is 2.61. The molecule has 0 bridgehead atoms. The van der Waals surface area contributed by atoms with Crippen LogP contribution in [0.2, 0.25) is 0 Å². The van der Waals surface area contributed by atoms with Crippen molar-refractivity contribution in [1.82, 2.24) is 9.80 Å². The Morgan fingerprint density at radius 2 is 1.79 bits per heavy atom. The Hall–Kier alpha value is -0.770. The van der Waals surface area contributed by atoms with E-state index in [1.807, 2.05) is 6.92 Å². The molecule has 1 fully saturated rings. The van der Waals surface area contributed by atoms with Crippen molar-refractivity contribution < 1.29 is 9.59 Å². The van der Waals surface area contributed by atoms with Gasteiger partial charge in [0, 0.05) is 19.0 Å². The molecule has 4 nitrogen and oxygen atoms in total. The maximum absolute atomic E-state index is 11.5. The summed E-state index contributed by atoms with van der Waals surface area (Å²) in [5.41, 5.74) is 0. The molecule has 1 saturated heterocycles. The van der Waals surface area contributed by atoms with Crippen molar-refractivity contribution in [2.75, 3.05) is 32.1 Å². The minimum Gasteiger partial charge on any atom is -0.332 e. The van der Waals surface area contributed by atoms with E-state index in [1.54, 1.807) is 9.80 Å². The molecule has 0 N–H and O–H groups in total. The maximum atomic E-state index is 11.5. The number of hydrogen-bond donors (Lipinski definition) is 0. The van der Waals surface area contributed by atoms with Gasteiger partial charge < -0.3 is 9.80 Å². The quantitative estimate of drug-likeness (QED) is 0.638. The molecule has 5 heteroatoms. The highest BCUT2D eigenvalue weighted by Gasteiger charge is 2.27. The van der Waals surface area contributed by atoms with Gasteiger partial charge in [0.05, 0.1) is 13.1 Å². The van der Waals surface area contributed by atoms with Gasteiger partial charge in [-0.25, -0.2) is 0 Å². The number of carbonyl (C=O) groups is 2. The van der Waals surface area contributed by atoms with E-state index in [0.29, 0.717) is 19.0 Å². The van der Waals surface area contributed by atoms with Crippen LogP contribution in [0.1, 0.15) is 13.3 Å². The summed E-state index contributed by atoms with van der Waals surface area (Å²) in [7, 11) is 0. The molecule has 1 heterocycles. The molecule has 0 aromatic heterocycles. The molecule has 14 heavy (non-hydrogen) atoms. The lowest BCUT2D eigenvalue weighted by molar-refractivity contribution is -0.149. The lowest BCUT2D eigenvalue weighted by atomic mass is 10.2. The minimum absolute atomic E-state index is 0.0246. The Bertz CT molecular complexity index is 233. The molecule has 0 aromatic carbocycles. The highest BCUT2D eigenvalue weighted by molar-refractivity contribution is 6.17. The first-order valence-electron chi connectivity index (χ1n) is 4.80. The fourth-order valence-corrected chi connectivity index (χ4v) is 1.56. The fourth-order valence-electron chi connectivity index (χ4n) is 1.45. The Morgan fingerprint density at radius 1 is 1.21 bits per heavy atom. The summed E-state index contributed by atoms with van der Waals surface area (Å²) in [4.78, 5) is 26.1. The van der Waals surface area contributed by atoms with E-state index in [0.717, 1.165) is 6.42 Å². The molecule has 0 aliphatic carbocycles. The van der Waals surface area contributed by atoms with Crippen molar-refractivity contribution in [2.24, 2.45) is 0 Å². The van der Waals surface area contributed by atoms with Crippen LogP contribution in [0, 0.1) is 0 Å². The van der Waals surface area contributed by atoms with Crippen LogP contribution < -0.4 is 0 Å². The average molecular weight is 219 g/mol. The average Bonchev–Trinajstić information content (AvgIpc) is 2.18. The number of likely N-dealkylation sites (N-methyl/N-ethyl adjacent to an activating group) is 1. The van der Waals surface area contributed by atoms with E-state index in [2.05, 4.69) is 0 Å². The number of piperazine rings is 1. The molecule has 0 atom stereocenters. The van der Waals surface area contributed by atoms with Gasteiger partial charge >= 0.3 is 0 Å². The minimum atomic E-state index is 0.0246.